The van der Waals surface area contributed by atoms with Gasteiger partial charge in [-0.15, -0.1) is 0 Å². The maximum absolute atomic E-state index is 12.0. The minimum atomic E-state index is -3.62. The SMILES string of the molecule is Cc1n[nH]c(C)c1S(=O)(=O)NCC1(O)CNC1. The van der Waals surface area contributed by atoms with Crippen molar-refractivity contribution in [3.8, 4) is 0 Å². The van der Waals surface area contributed by atoms with Crippen molar-refractivity contribution in [2.45, 2.75) is 24.3 Å². The molecule has 1 aliphatic rings. The number of aromatic nitrogens is 2. The molecule has 2 heterocycles. The van der Waals surface area contributed by atoms with Crippen LogP contribution < -0.4 is 10.0 Å². The Morgan fingerprint density at radius 3 is 2.53 bits per heavy atom. The molecule has 1 saturated heterocycles. The zero-order valence-corrected chi connectivity index (χ0v) is 10.6. The average molecular weight is 260 g/mol. The highest BCUT2D eigenvalue weighted by Crippen LogP contribution is 2.17. The van der Waals surface area contributed by atoms with Crippen LogP contribution in [0.3, 0.4) is 0 Å². The lowest BCUT2D eigenvalue weighted by Crippen LogP contribution is -2.64. The topological polar surface area (TPSA) is 107 Å². The molecule has 1 aromatic rings. The van der Waals surface area contributed by atoms with Crippen LogP contribution in [0.15, 0.2) is 4.90 Å². The Bertz CT molecular complexity index is 499. The first kappa shape index (κ1) is 12.5. The highest BCUT2D eigenvalue weighted by atomic mass is 32.2. The van der Waals surface area contributed by atoms with E-state index in [0.717, 1.165) is 0 Å². The minimum absolute atomic E-state index is 0.00634. The van der Waals surface area contributed by atoms with Crippen molar-refractivity contribution in [3.63, 3.8) is 0 Å². The quantitative estimate of drug-likeness (QED) is 0.535. The van der Waals surface area contributed by atoms with Crippen LogP contribution in [-0.4, -0.2) is 49.0 Å². The molecule has 0 amide bonds. The van der Waals surface area contributed by atoms with E-state index >= 15 is 0 Å². The zero-order valence-electron chi connectivity index (χ0n) is 9.74. The predicted molar refractivity (Wildman–Crippen MR) is 61.1 cm³/mol. The van der Waals surface area contributed by atoms with E-state index in [-0.39, 0.29) is 11.4 Å². The van der Waals surface area contributed by atoms with Gasteiger partial charge < -0.3 is 10.4 Å². The largest absolute Gasteiger partial charge is 0.386 e. The standard InChI is InChI=1S/C9H16N4O3S/c1-6-8(7(2)13-12-6)17(15,16)11-5-9(14)3-10-4-9/h10-11,14H,3-5H2,1-2H3,(H,12,13). The number of sulfonamides is 1. The van der Waals surface area contributed by atoms with E-state index in [2.05, 4.69) is 20.2 Å². The van der Waals surface area contributed by atoms with Gasteiger partial charge in [0, 0.05) is 19.6 Å². The van der Waals surface area contributed by atoms with E-state index in [0.29, 0.717) is 24.5 Å². The molecule has 0 radical (unpaired) electrons. The lowest BCUT2D eigenvalue weighted by Gasteiger charge is -2.37. The van der Waals surface area contributed by atoms with Crippen molar-refractivity contribution in [2.75, 3.05) is 19.6 Å². The second-order valence-corrected chi connectivity index (χ2v) is 6.12. The molecule has 0 bridgehead atoms. The summed E-state index contributed by atoms with van der Waals surface area (Å²) in [5.41, 5.74) is -0.0547. The summed E-state index contributed by atoms with van der Waals surface area (Å²) in [5, 5.41) is 19.2. The predicted octanol–water partition coefficient (Wildman–Crippen LogP) is -1.36. The third-order valence-corrected chi connectivity index (χ3v) is 4.49. The maximum atomic E-state index is 12.0. The average Bonchev–Trinajstić information content (AvgIpc) is 2.53. The number of hydrogen-bond donors (Lipinski definition) is 4. The molecule has 17 heavy (non-hydrogen) atoms. The molecule has 4 N–H and O–H groups in total. The summed E-state index contributed by atoms with van der Waals surface area (Å²) in [4.78, 5) is 0.161. The molecule has 0 saturated carbocycles. The first-order valence-electron chi connectivity index (χ1n) is 5.28. The minimum Gasteiger partial charge on any atom is -0.386 e. The van der Waals surface area contributed by atoms with Gasteiger partial charge >= 0.3 is 0 Å². The van der Waals surface area contributed by atoms with Gasteiger partial charge in [-0.05, 0) is 13.8 Å². The van der Waals surface area contributed by atoms with Gasteiger partial charge in [0.05, 0.1) is 11.4 Å². The Hall–Kier alpha value is -0.960. The summed E-state index contributed by atoms with van der Waals surface area (Å²) in [6, 6.07) is 0. The molecule has 1 aromatic heterocycles. The molecule has 0 atom stereocenters. The number of aromatic amines is 1. The Labute approximate surface area is 99.7 Å². The summed E-state index contributed by atoms with van der Waals surface area (Å²) >= 11 is 0. The molecular weight excluding hydrogens is 244 g/mol. The van der Waals surface area contributed by atoms with Gasteiger partial charge in [-0.1, -0.05) is 0 Å². The first-order valence-corrected chi connectivity index (χ1v) is 6.77. The number of hydrogen-bond acceptors (Lipinski definition) is 5. The molecule has 1 aliphatic heterocycles. The third-order valence-electron chi connectivity index (χ3n) is 2.83. The summed E-state index contributed by atoms with van der Waals surface area (Å²) in [6.45, 7) is 4.08. The van der Waals surface area contributed by atoms with Crippen molar-refractivity contribution in [1.29, 1.82) is 0 Å². The van der Waals surface area contributed by atoms with E-state index < -0.39 is 15.6 Å². The van der Waals surface area contributed by atoms with Crippen molar-refractivity contribution in [1.82, 2.24) is 20.2 Å². The maximum Gasteiger partial charge on any atom is 0.244 e. The van der Waals surface area contributed by atoms with Gasteiger partial charge in [0.1, 0.15) is 10.5 Å². The summed E-state index contributed by atoms with van der Waals surface area (Å²) in [5.74, 6) is 0. The molecule has 8 heteroatoms. The third kappa shape index (κ3) is 2.34. The highest BCUT2D eigenvalue weighted by Gasteiger charge is 2.36. The summed E-state index contributed by atoms with van der Waals surface area (Å²) < 4.78 is 26.4. The number of aryl methyl sites for hydroxylation is 2. The van der Waals surface area contributed by atoms with E-state index in [1.165, 1.54) is 0 Å². The van der Waals surface area contributed by atoms with Crippen LogP contribution >= 0.6 is 0 Å². The van der Waals surface area contributed by atoms with Crippen molar-refractivity contribution in [2.24, 2.45) is 0 Å². The monoisotopic (exact) mass is 260 g/mol. The second-order valence-electron chi connectivity index (χ2n) is 4.42. The number of aliphatic hydroxyl groups is 1. The fraction of sp³-hybridized carbons (Fsp3) is 0.667. The summed E-state index contributed by atoms with van der Waals surface area (Å²) in [7, 11) is -3.62. The molecule has 7 nitrogen and oxygen atoms in total. The van der Waals surface area contributed by atoms with Crippen LogP contribution in [0.2, 0.25) is 0 Å². The number of nitrogens with zero attached hydrogens (tertiary/aromatic N) is 1. The van der Waals surface area contributed by atoms with Crippen LogP contribution in [-0.2, 0) is 10.0 Å². The van der Waals surface area contributed by atoms with Crippen LogP contribution in [0, 0.1) is 13.8 Å². The van der Waals surface area contributed by atoms with Gasteiger partial charge in [0.15, 0.2) is 0 Å². The van der Waals surface area contributed by atoms with Crippen molar-refractivity contribution in [3.05, 3.63) is 11.4 Å². The fourth-order valence-corrected chi connectivity index (χ4v) is 3.26. The number of β-amino-alcohol motifs (C(OH)–C–C–N with tert-alkyl or cyclic N) is 1. The Balaban J connectivity index is 2.14. The molecule has 1 fully saturated rings. The second kappa shape index (κ2) is 4.05. The molecule has 0 aliphatic carbocycles. The van der Waals surface area contributed by atoms with Crippen LogP contribution in [0.1, 0.15) is 11.4 Å². The van der Waals surface area contributed by atoms with Crippen LogP contribution in [0.4, 0.5) is 0 Å². The smallest absolute Gasteiger partial charge is 0.244 e. The molecular formula is C9H16N4O3S. The van der Waals surface area contributed by atoms with Crippen molar-refractivity contribution >= 4 is 10.0 Å². The van der Waals surface area contributed by atoms with Crippen molar-refractivity contribution < 1.29 is 13.5 Å². The summed E-state index contributed by atoms with van der Waals surface area (Å²) in [6.07, 6.45) is 0. The Kier molecular flexibility index (Phi) is 2.98. The van der Waals surface area contributed by atoms with Gasteiger partial charge in [0.2, 0.25) is 10.0 Å². The van der Waals surface area contributed by atoms with E-state index in [4.69, 9.17) is 0 Å². The molecule has 96 valence electrons. The van der Waals surface area contributed by atoms with E-state index in [1.807, 2.05) is 0 Å². The molecule has 0 spiro atoms. The van der Waals surface area contributed by atoms with Crippen LogP contribution in [0.5, 0.6) is 0 Å². The van der Waals surface area contributed by atoms with Gasteiger partial charge in [-0.25, -0.2) is 13.1 Å². The lowest BCUT2D eigenvalue weighted by molar-refractivity contribution is -0.00397. The molecule has 0 unspecified atom stereocenters. The number of H-pyrrole nitrogens is 1. The van der Waals surface area contributed by atoms with Gasteiger partial charge in [-0.2, -0.15) is 5.10 Å². The van der Waals surface area contributed by atoms with Crippen LogP contribution in [0.25, 0.3) is 0 Å². The highest BCUT2D eigenvalue weighted by molar-refractivity contribution is 7.89. The fourth-order valence-electron chi connectivity index (χ4n) is 1.78. The molecule has 0 aromatic carbocycles. The Morgan fingerprint density at radius 1 is 1.47 bits per heavy atom. The van der Waals surface area contributed by atoms with E-state index in [1.54, 1.807) is 13.8 Å². The number of rotatable bonds is 4. The van der Waals surface area contributed by atoms with E-state index in [9.17, 15) is 13.5 Å². The lowest BCUT2D eigenvalue weighted by atomic mass is 9.98. The zero-order chi connectivity index (χ0) is 12.7. The normalized spacial score (nSPS) is 19.0. The first-order chi connectivity index (χ1) is 7.84. The molecule has 2 rings (SSSR count). The number of nitrogens with one attached hydrogen (secondary N) is 3. The van der Waals surface area contributed by atoms with Gasteiger partial charge in [0.25, 0.3) is 0 Å². The van der Waals surface area contributed by atoms with Gasteiger partial charge in [-0.3, -0.25) is 5.10 Å². The Morgan fingerprint density at radius 2 is 2.12 bits per heavy atom.